The van der Waals surface area contributed by atoms with Gasteiger partial charge in [0, 0.05) is 12.8 Å². The maximum absolute atomic E-state index is 13.0. The largest absolute Gasteiger partial charge is 0.376 e. The molecule has 1 saturated heterocycles. The molecule has 1 aromatic carbocycles. The third kappa shape index (κ3) is 3.02. The van der Waals surface area contributed by atoms with Crippen LogP contribution in [0.1, 0.15) is 23.3 Å². The molecule has 3 heterocycles. The molecule has 0 radical (unpaired) electrons. The van der Waals surface area contributed by atoms with E-state index in [4.69, 9.17) is 4.74 Å². The SMILES string of the molecule is O=C(c1ccccn1)N(CC1CCCO1)c1nc2ccccc2s1. The van der Waals surface area contributed by atoms with Gasteiger partial charge in [0.05, 0.1) is 22.9 Å². The average molecular weight is 339 g/mol. The van der Waals surface area contributed by atoms with E-state index in [0.29, 0.717) is 17.4 Å². The molecule has 0 bridgehead atoms. The van der Waals surface area contributed by atoms with E-state index >= 15 is 0 Å². The molecule has 1 fully saturated rings. The van der Waals surface area contributed by atoms with Gasteiger partial charge in [0.25, 0.3) is 5.91 Å². The van der Waals surface area contributed by atoms with Crippen LogP contribution in [0.3, 0.4) is 0 Å². The van der Waals surface area contributed by atoms with Crippen LogP contribution in [-0.4, -0.2) is 35.1 Å². The van der Waals surface area contributed by atoms with E-state index in [-0.39, 0.29) is 12.0 Å². The Balaban J connectivity index is 1.70. The lowest BCUT2D eigenvalue weighted by molar-refractivity contribution is 0.0913. The molecule has 0 spiro atoms. The lowest BCUT2D eigenvalue weighted by Gasteiger charge is -2.22. The highest BCUT2D eigenvalue weighted by molar-refractivity contribution is 7.22. The Hall–Kier alpha value is -2.31. The summed E-state index contributed by atoms with van der Waals surface area (Å²) in [6.45, 7) is 1.27. The van der Waals surface area contributed by atoms with Crippen LogP contribution in [0, 0.1) is 0 Å². The number of benzene rings is 1. The molecule has 1 aliphatic rings. The highest BCUT2D eigenvalue weighted by Crippen LogP contribution is 2.30. The number of carbonyl (C=O) groups is 1. The summed E-state index contributed by atoms with van der Waals surface area (Å²) in [6.07, 6.45) is 3.70. The molecule has 1 unspecified atom stereocenters. The number of pyridine rings is 1. The van der Waals surface area contributed by atoms with Crippen LogP contribution in [0.15, 0.2) is 48.7 Å². The third-order valence-corrected chi connectivity index (χ3v) is 5.11. The number of hydrogen-bond acceptors (Lipinski definition) is 5. The molecule has 1 atom stereocenters. The fraction of sp³-hybridized carbons (Fsp3) is 0.278. The first-order chi connectivity index (χ1) is 11.8. The van der Waals surface area contributed by atoms with Gasteiger partial charge in [-0.15, -0.1) is 0 Å². The zero-order chi connectivity index (χ0) is 16.4. The maximum Gasteiger partial charge on any atom is 0.278 e. The smallest absolute Gasteiger partial charge is 0.278 e. The van der Waals surface area contributed by atoms with Crippen LogP contribution in [0.2, 0.25) is 0 Å². The van der Waals surface area contributed by atoms with Gasteiger partial charge in [0.1, 0.15) is 5.69 Å². The highest BCUT2D eigenvalue weighted by Gasteiger charge is 2.27. The summed E-state index contributed by atoms with van der Waals surface area (Å²) in [5.74, 6) is -0.134. The fourth-order valence-corrected chi connectivity index (χ4v) is 3.82. The second-order valence-corrected chi connectivity index (χ2v) is 6.74. The molecule has 0 N–H and O–H groups in total. The molecule has 6 heteroatoms. The number of carbonyl (C=O) groups excluding carboxylic acids is 1. The predicted octanol–water partition coefficient (Wildman–Crippen LogP) is 3.52. The van der Waals surface area contributed by atoms with Crippen LogP contribution >= 0.6 is 11.3 Å². The van der Waals surface area contributed by atoms with Gasteiger partial charge in [-0.05, 0) is 37.1 Å². The van der Waals surface area contributed by atoms with Crippen LogP contribution < -0.4 is 4.90 Å². The molecule has 122 valence electrons. The Bertz CT molecular complexity index is 811. The first-order valence-corrected chi connectivity index (χ1v) is 8.83. The quantitative estimate of drug-likeness (QED) is 0.730. The van der Waals surface area contributed by atoms with E-state index in [1.54, 1.807) is 23.2 Å². The number of fused-ring (bicyclic) bond motifs is 1. The van der Waals surface area contributed by atoms with E-state index in [1.165, 1.54) is 11.3 Å². The van der Waals surface area contributed by atoms with Crippen LogP contribution in [0.5, 0.6) is 0 Å². The lowest BCUT2D eigenvalue weighted by Crippen LogP contribution is -2.37. The number of para-hydroxylation sites is 1. The summed E-state index contributed by atoms with van der Waals surface area (Å²) in [5, 5.41) is 0.697. The number of amides is 1. The molecule has 2 aromatic heterocycles. The van der Waals surface area contributed by atoms with Crippen molar-refractivity contribution in [2.45, 2.75) is 18.9 Å². The van der Waals surface area contributed by atoms with Gasteiger partial charge in [0.15, 0.2) is 5.13 Å². The summed E-state index contributed by atoms with van der Waals surface area (Å²) < 4.78 is 6.80. The van der Waals surface area contributed by atoms with Crippen molar-refractivity contribution in [2.75, 3.05) is 18.1 Å². The third-order valence-electron chi connectivity index (χ3n) is 4.05. The minimum absolute atomic E-state index is 0.0599. The molecular weight excluding hydrogens is 322 g/mol. The number of aromatic nitrogens is 2. The van der Waals surface area contributed by atoms with E-state index in [1.807, 2.05) is 30.3 Å². The number of thiazole rings is 1. The van der Waals surface area contributed by atoms with E-state index in [9.17, 15) is 4.79 Å². The van der Waals surface area contributed by atoms with E-state index < -0.39 is 0 Å². The van der Waals surface area contributed by atoms with Crippen molar-refractivity contribution < 1.29 is 9.53 Å². The van der Waals surface area contributed by atoms with Crippen molar-refractivity contribution in [3.8, 4) is 0 Å². The number of ether oxygens (including phenoxy) is 1. The van der Waals surface area contributed by atoms with Crippen molar-refractivity contribution in [1.82, 2.24) is 9.97 Å². The van der Waals surface area contributed by atoms with Gasteiger partial charge in [0.2, 0.25) is 0 Å². The van der Waals surface area contributed by atoms with Crippen LogP contribution in [-0.2, 0) is 4.74 Å². The molecule has 24 heavy (non-hydrogen) atoms. The minimum atomic E-state index is -0.134. The van der Waals surface area contributed by atoms with E-state index in [2.05, 4.69) is 9.97 Å². The molecule has 1 aliphatic heterocycles. The van der Waals surface area contributed by atoms with Crippen LogP contribution in [0.25, 0.3) is 10.2 Å². The van der Waals surface area contributed by atoms with Crippen LogP contribution in [0.4, 0.5) is 5.13 Å². The van der Waals surface area contributed by atoms with Crippen molar-refractivity contribution in [3.05, 3.63) is 54.4 Å². The molecule has 1 amide bonds. The molecule has 4 rings (SSSR count). The Labute approximate surface area is 143 Å². The zero-order valence-electron chi connectivity index (χ0n) is 13.1. The van der Waals surface area contributed by atoms with Gasteiger partial charge in [-0.25, -0.2) is 4.98 Å². The summed E-state index contributed by atoms with van der Waals surface area (Å²) in [5.41, 5.74) is 1.33. The minimum Gasteiger partial charge on any atom is -0.376 e. The molecule has 0 saturated carbocycles. The first kappa shape index (κ1) is 15.2. The standard InChI is InChI=1S/C18H17N3O2S/c22-17(15-8-3-4-10-19-15)21(12-13-6-5-11-23-13)18-20-14-7-1-2-9-16(14)24-18/h1-4,7-10,13H,5-6,11-12H2. The van der Waals surface area contributed by atoms with Gasteiger partial charge in [-0.1, -0.05) is 29.5 Å². The van der Waals surface area contributed by atoms with Crippen molar-refractivity contribution in [3.63, 3.8) is 0 Å². The second-order valence-electron chi connectivity index (χ2n) is 5.73. The van der Waals surface area contributed by atoms with Crippen molar-refractivity contribution in [2.24, 2.45) is 0 Å². The Morgan fingerprint density at radius 2 is 2.12 bits per heavy atom. The summed E-state index contributed by atoms with van der Waals surface area (Å²) in [4.78, 5) is 23.5. The van der Waals surface area contributed by atoms with Crippen molar-refractivity contribution in [1.29, 1.82) is 0 Å². The number of nitrogens with zero attached hydrogens (tertiary/aromatic N) is 3. The summed E-state index contributed by atoms with van der Waals surface area (Å²) in [6, 6.07) is 13.3. The topological polar surface area (TPSA) is 55.3 Å². The Kier molecular flexibility index (Phi) is 4.23. The van der Waals surface area contributed by atoms with Gasteiger partial charge >= 0.3 is 0 Å². The zero-order valence-corrected chi connectivity index (χ0v) is 13.9. The highest BCUT2D eigenvalue weighted by atomic mass is 32.1. The average Bonchev–Trinajstić information content (AvgIpc) is 3.29. The predicted molar refractivity (Wildman–Crippen MR) is 94.5 cm³/mol. The molecular formula is C18H17N3O2S. The molecule has 0 aliphatic carbocycles. The fourth-order valence-electron chi connectivity index (χ4n) is 2.84. The van der Waals surface area contributed by atoms with Crippen molar-refractivity contribution >= 4 is 32.6 Å². The Morgan fingerprint density at radius 1 is 1.25 bits per heavy atom. The Morgan fingerprint density at radius 3 is 2.88 bits per heavy atom. The lowest BCUT2D eigenvalue weighted by atomic mass is 10.2. The monoisotopic (exact) mass is 339 g/mol. The first-order valence-electron chi connectivity index (χ1n) is 8.01. The molecule has 5 nitrogen and oxygen atoms in total. The number of hydrogen-bond donors (Lipinski definition) is 0. The van der Waals surface area contributed by atoms with Gasteiger partial charge < -0.3 is 4.74 Å². The number of anilines is 1. The van der Waals surface area contributed by atoms with Gasteiger partial charge in [-0.3, -0.25) is 14.7 Å². The second kappa shape index (κ2) is 6.67. The normalized spacial score (nSPS) is 17.2. The summed E-state index contributed by atoms with van der Waals surface area (Å²) >= 11 is 1.52. The number of rotatable bonds is 4. The summed E-state index contributed by atoms with van der Waals surface area (Å²) in [7, 11) is 0. The van der Waals surface area contributed by atoms with Gasteiger partial charge in [-0.2, -0.15) is 0 Å². The van der Waals surface area contributed by atoms with E-state index in [0.717, 1.165) is 29.7 Å². The molecule has 3 aromatic rings. The maximum atomic E-state index is 13.0.